The third kappa shape index (κ3) is 6.02. The number of benzene rings is 2. The van der Waals surface area contributed by atoms with Crippen molar-refractivity contribution in [2.45, 2.75) is 57.7 Å². The normalized spacial score (nSPS) is 19.9. The van der Waals surface area contributed by atoms with Crippen molar-refractivity contribution in [2.75, 3.05) is 20.1 Å². The van der Waals surface area contributed by atoms with Gasteiger partial charge in [-0.2, -0.15) is 5.10 Å². The summed E-state index contributed by atoms with van der Waals surface area (Å²) >= 11 is 0. The Morgan fingerprint density at radius 3 is 2.59 bits per heavy atom. The number of aliphatic hydroxyl groups is 1. The molecule has 4 rings (SSSR count). The van der Waals surface area contributed by atoms with E-state index in [4.69, 9.17) is 5.73 Å². The number of hydrogen-bond acceptors (Lipinski definition) is 6. The fraction of sp³-hybridized carbons (Fsp3) is 0.448. The second-order valence-electron chi connectivity index (χ2n) is 11.0. The molecule has 2 atom stereocenters. The van der Waals surface area contributed by atoms with Crippen molar-refractivity contribution < 1.29 is 23.9 Å². The van der Waals surface area contributed by atoms with Crippen LogP contribution < -0.4 is 11.1 Å². The first-order chi connectivity index (χ1) is 18.4. The van der Waals surface area contributed by atoms with Crippen molar-refractivity contribution >= 4 is 23.4 Å². The molecule has 0 unspecified atom stereocenters. The highest BCUT2D eigenvalue weighted by Gasteiger charge is 2.53. The fourth-order valence-corrected chi connectivity index (χ4v) is 5.26. The number of carbonyl (C=O) groups is 3. The molecular formula is C29H36FN5O4. The highest BCUT2D eigenvalue weighted by molar-refractivity contribution is 6.13. The molecule has 3 amide bonds. The number of carbonyl (C=O) groups excluding carboxylic acids is 3. The third-order valence-corrected chi connectivity index (χ3v) is 7.45. The van der Waals surface area contributed by atoms with Gasteiger partial charge in [-0.15, -0.1) is 0 Å². The van der Waals surface area contributed by atoms with E-state index in [1.54, 1.807) is 31.9 Å². The lowest BCUT2D eigenvalue weighted by atomic mass is 9.73. The molecule has 0 aromatic heterocycles. The van der Waals surface area contributed by atoms with Crippen molar-refractivity contribution in [3.05, 3.63) is 71.0 Å². The monoisotopic (exact) mass is 537 g/mol. The number of fused-ring (bicyclic) bond motifs is 1. The second kappa shape index (κ2) is 11.2. The summed E-state index contributed by atoms with van der Waals surface area (Å²) in [6.07, 6.45) is 1.08. The molecule has 1 saturated heterocycles. The highest BCUT2D eigenvalue weighted by atomic mass is 19.1. The Bertz CT molecular complexity index is 1280. The maximum atomic E-state index is 14.5. The Balaban J connectivity index is 1.60. The summed E-state index contributed by atoms with van der Waals surface area (Å²) in [7, 11) is 1.62. The van der Waals surface area contributed by atoms with Crippen LogP contribution in [0.4, 0.5) is 4.39 Å². The summed E-state index contributed by atoms with van der Waals surface area (Å²) in [5.41, 5.74) is 6.35. The SMILES string of the molecule is CN1N=C2CCN(C(=O)[C@@H](CCc3cc(CO)ccc3F)NC(=O)C(C)(C)N)C[C@@]2(Cc2ccccc2)C1=O. The van der Waals surface area contributed by atoms with Crippen LogP contribution >= 0.6 is 0 Å². The van der Waals surface area contributed by atoms with Gasteiger partial charge in [0.05, 0.1) is 17.9 Å². The van der Waals surface area contributed by atoms with Gasteiger partial charge in [-0.05, 0) is 55.9 Å². The van der Waals surface area contributed by atoms with E-state index < -0.39 is 28.7 Å². The smallest absolute Gasteiger partial charge is 0.256 e. The molecule has 2 heterocycles. The van der Waals surface area contributed by atoms with E-state index in [0.29, 0.717) is 30.5 Å². The number of likely N-dealkylation sites (tertiary alicyclic amines) is 1. The maximum absolute atomic E-state index is 14.5. The molecule has 208 valence electrons. The van der Waals surface area contributed by atoms with Gasteiger partial charge in [-0.1, -0.05) is 42.5 Å². The number of nitrogens with one attached hydrogen (secondary N) is 1. The first kappa shape index (κ1) is 28.4. The van der Waals surface area contributed by atoms with E-state index in [1.165, 1.54) is 17.1 Å². The van der Waals surface area contributed by atoms with E-state index >= 15 is 0 Å². The van der Waals surface area contributed by atoms with Crippen LogP contribution in [0.2, 0.25) is 0 Å². The molecule has 10 heteroatoms. The topological polar surface area (TPSA) is 128 Å². The Labute approximate surface area is 227 Å². The van der Waals surface area contributed by atoms with Crippen molar-refractivity contribution in [1.82, 2.24) is 15.2 Å². The van der Waals surface area contributed by atoms with Gasteiger partial charge in [0.1, 0.15) is 17.3 Å². The van der Waals surface area contributed by atoms with Crippen LogP contribution in [-0.4, -0.2) is 70.2 Å². The molecule has 9 nitrogen and oxygen atoms in total. The lowest BCUT2D eigenvalue weighted by Crippen LogP contribution is -2.60. The van der Waals surface area contributed by atoms with Crippen molar-refractivity contribution in [3.8, 4) is 0 Å². The van der Waals surface area contributed by atoms with Gasteiger partial charge in [0.25, 0.3) is 5.91 Å². The van der Waals surface area contributed by atoms with Gasteiger partial charge < -0.3 is 21.1 Å². The van der Waals surface area contributed by atoms with Crippen LogP contribution in [0.3, 0.4) is 0 Å². The lowest BCUT2D eigenvalue weighted by molar-refractivity contribution is -0.142. The van der Waals surface area contributed by atoms with Crippen LogP contribution in [0.5, 0.6) is 0 Å². The van der Waals surface area contributed by atoms with Crippen molar-refractivity contribution in [3.63, 3.8) is 0 Å². The molecule has 0 spiro atoms. The molecule has 0 bridgehead atoms. The Hall–Kier alpha value is -3.63. The standard InChI is InChI=1S/C29H36FN5O4/c1-28(2,31)26(38)32-23(12-10-21-15-20(17-36)9-11-22(21)30)25(37)35-14-13-24-29(18-35,27(39)34(3)33-24)16-19-7-5-4-6-8-19/h4-9,11,15,23,36H,10,12-14,16-18,31H2,1-3H3,(H,32,38)/t23-,29-/m1/s1. The van der Waals surface area contributed by atoms with E-state index in [1.807, 2.05) is 30.3 Å². The minimum Gasteiger partial charge on any atom is -0.392 e. The average Bonchev–Trinajstić information content (AvgIpc) is 3.15. The minimum absolute atomic E-state index is 0.115. The van der Waals surface area contributed by atoms with Crippen molar-refractivity contribution in [1.29, 1.82) is 0 Å². The molecule has 2 aliphatic heterocycles. The summed E-state index contributed by atoms with van der Waals surface area (Å²) < 4.78 is 14.5. The Morgan fingerprint density at radius 1 is 1.21 bits per heavy atom. The zero-order chi connectivity index (χ0) is 28.4. The first-order valence-corrected chi connectivity index (χ1v) is 13.1. The second-order valence-corrected chi connectivity index (χ2v) is 11.0. The van der Waals surface area contributed by atoms with E-state index in [2.05, 4.69) is 10.4 Å². The number of amides is 3. The number of nitrogens with zero attached hydrogens (tertiary/aromatic N) is 3. The Morgan fingerprint density at radius 2 is 1.92 bits per heavy atom. The summed E-state index contributed by atoms with van der Waals surface area (Å²) in [5.74, 6) is -1.50. The number of nitrogens with two attached hydrogens (primary N) is 1. The third-order valence-electron chi connectivity index (χ3n) is 7.45. The van der Waals surface area contributed by atoms with Crippen molar-refractivity contribution in [2.24, 2.45) is 16.3 Å². The fourth-order valence-electron chi connectivity index (χ4n) is 5.26. The maximum Gasteiger partial charge on any atom is 0.256 e. The quantitative estimate of drug-likeness (QED) is 0.449. The van der Waals surface area contributed by atoms with Crippen LogP contribution in [0.25, 0.3) is 0 Å². The van der Waals surface area contributed by atoms with E-state index in [9.17, 15) is 23.9 Å². The molecule has 2 aromatic carbocycles. The zero-order valence-corrected chi connectivity index (χ0v) is 22.6. The molecule has 0 aliphatic carbocycles. The van der Waals surface area contributed by atoms with Crippen LogP contribution in [-0.2, 0) is 33.8 Å². The molecule has 39 heavy (non-hydrogen) atoms. The van der Waals surface area contributed by atoms with E-state index in [0.717, 1.165) is 11.3 Å². The van der Waals surface area contributed by atoms with Gasteiger partial charge >= 0.3 is 0 Å². The average molecular weight is 538 g/mol. The summed E-state index contributed by atoms with van der Waals surface area (Å²) in [6.45, 7) is 3.30. The summed E-state index contributed by atoms with van der Waals surface area (Å²) in [6, 6.07) is 12.9. The first-order valence-electron chi connectivity index (χ1n) is 13.1. The predicted molar refractivity (Wildman–Crippen MR) is 145 cm³/mol. The highest BCUT2D eigenvalue weighted by Crippen LogP contribution is 2.38. The molecular weight excluding hydrogens is 501 g/mol. The molecule has 4 N–H and O–H groups in total. The molecule has 2 aromatic rings. The van der Waals surface area contributed by atoms with Crippen LogP contribution in [0.15, 0.2) is 53.6 Å². The number of piperidine rings is 1. The number of aliphatic hydroxyl groups excluding tert-OH is 1. The zero-order valence-electron chi connectivity index (χ0n) is 22.6. The summed E-state index contributed by atoms with van der Waals surface area (Å²) in [4.78, 5) is 41.8. The Kier molecular flexibility index (Phi) is 8.17. The number of hydrogen-bond donors (Lipinski definition) is 3. The van der Waals surface area contributed by atoms with E-state index in [-0.39, 0.29) is 37.8 Å². The van der Waals surface area contributed by atoms with Gasteiger partial charge in [-0.25, -0.2) is 9.40 Å². The number of aryl methyl sites for hydroxylation is 1. The predicted octanol–water partition coefficient (Wildman–Crippen LogP) is 1.76. The minimum atomic E-state index is -1.24. The van der Waals surface area contributed by atoms with Crippen LogP contribution in [0, 0.1) is 11.2 Å². The molecule has 1 fully saturated rings. The molecule has 0 saturated carbocycles. The van der Waals surface area contributed by atoms with Gasteiger partial charge in [0.2, 0.25) is 11.8 Å². The van der Waals surface area contributed by atoms with Gasteiger partial charge in [0.15, 0.2) is 0 Å². The molecule has 2 aliphatic rings. The van der Waals surface area contributed by atoms with Crippen LogP contribution in [0.1, 0.15) is 43.4 Å². The van der Waals surface area contributed by atoms with Gasteiger partial charge in [0, 0.05) is 26.6 Å². The summed E-state index contributed by atoms with van der Waals surface area (Å²) in [5, 5.41) is 18.1. The molecule has 0 radical (unpaired) electrons. The largest absolute Gasteiger partial charge is 0.392 e. The number of hydrazone groups is 1. The van der Waals surface area contributed by atoms with Gasteiger partial charge in [-0.3, -0.25) is 14.4 Å². The number of rotatable bonds is 9. The lowest BCUT2D eigenvalue weighted by Gasteiger charge is -2.41. The number of halogens is 1.